The second-order valence-electron chi connectivity index (χ2n) is 4.74. The number of likely N-dealkylation sites (tertiary alicyclic amines) is 1. The lowest BCUT2D eigenvalue weighted by Gasteiger charge is -2.37. The number of likely N-dealkylation sites (N-methyl/N-ethyl adjacent to an activating group) is 1. The number of piperidine rings is 1. The molecule has 1 rings (SSSR count). The normalized spacial score (nSPS) is 26.7. The molecular weight excluding hydrogens is 202 g/mol. The number of nitrogens with one attached hydrogen (secondary N) is 2. The molecule has 0 aromatic rings. The number of nitrogens with zero attached hydrogens (tertiary/aromatic N) is 1. The summed E-state index contributed by atoms with van der Waals surface area (Å²) in [6.07, 6.45) is 2.53. The van der Waals surface area contributed by atoms with Crippen molar-refractivity contribution in [2.45, 2.75) is 32.7 Å². The Hall–Kier alpha value is -0.610. The molecule has 0 spiro atoms. The van der Waals surface area contributed by atoms with E-state index in [2.05, 4.69) is 22.5 Å². The maximum Gasteiger partial charge on any atom is 0.216 e. The van der Waals surface area contributed by atoms with E-state index in [1.807, 2.05) is 7.05 Å². The average molecular weight is 227 g/mol. The minimum absolute atomic E-state index is 0.0641. The number of carbonyl (C=O) groups is 1. The molecular formula is C12H25N3O. The standard InChI is InChI=1S/C12H25N3O/c1-4-11-7-12(13-3)9-15(8-11)6-5-14-10(2)16/h11-13H,4-9H2,1-3H3,(H,14,16). The molecule has 4 nitrogen and oxygen atoms in total. The summed E-state index contributed by atoms with van der Waals surface area (Å²) >= 11 is 0. The Morgan fingerprint density at radius 1 is 1.44 bits per heavy atom. The second-order valence-corrected chi connectivity index (χ2v) is 4.74. The molecule has 1 aliphatic heterocycles. The van der Waals surface area contributed by atoms with Gasteiger partial charge in [-0.1, -0.05) is 13.3 Å². The summed E-state index contributed by atoms with van der Waals surface area (Å²) in [6, 6.07) is 0.607. The van der Waals surface area contributed by atoms with Crippen LogP contribution in [0.25, 0.3) is 0 Å². The fourth-order valence-electron chi connectivity index (χ4n) is 2.38. The Morgan fingerprint density at radius 2 is 2.19 bits per heavy atom. The fraction of sp³-hybridized carbons (Fsp3) is 0.917. The largest absolute Gasteiger partial charge is 0.355 e. The van der Waals surface area contributed by atoms with Crippen LogP contribution in [0.4, 0.5) is 0 Å². The van der Waals surface area contributed by atoms with Crippen molar-refractivity contribution in [2.75, 3.05) is 33.2 Å². The van der Waals surface area contributed by atoms with Gasteiger partial charge in [0.15, 0.2) is 0 Å². The van der Waals surface area contributed by atoms with Crippen LogP contribution in [0.5, 0.6) is 0 Å². The number of rotatable bonds is 5. The molecule has 1 fully saturated rings. The van der Waals surface area contributed by atoms with Gasteiger partial charge in [0.1, 0.15) is 0 Å². The molecule has 0 aromatic carbocycles. The van der Waals surface area contributed by atoms with E-state index < -0.39 is 0 Å². The Balaban J connectivity index is 2.31. The van der Waals surface area contributed by atoms with E-state index in [1.54, 1.807) is 6.92 Å². The highest BCUT2D eigenvalue weighted by Crippen LogP contribution is 2.19. The van der Waals surface area contributed by atoms with Crippen LogP contribution in [-0.2, 0) is 4.79 Å². The van der Waals surface area contributed by atoms with Crippen LogP contribution in [0.2, 0.25) is 0 Å². The maximum absolute atomic E-state index is 10.8. The van der Waals surface area contributed by atoms with Gasteiger partial charge in [0.05, 0.1) is 0 Å². The van der Waals surface area contributed by atoms with E-state index >= 15 is 0 Å². The van der Waals surface area contributed by atoms with Crippen molar-refractivity contribution >= 4 is 5.91 Å². The number of hydrogen-bond acceptors (Lipinski definition) is 3. The summed E-state index contributed by atoms with van der Waals surface area (Å²) in [5.41, 5.74) is 0. The van der Waals surface area contributed by atoms with E-state index in [9.17, 15) is 4.79 Å². The molecule has 2 atom stereocenters. The molecule has 0 saturated carbocycles. The topological polar surface area (TPSA) is 44.4 Å². The third-order valence-corrected chi connectivity index (χ3v) is 3.40. The number of carbonyl (C=O) groups excluding carboxylic acids is 1. The highest BCUT2D eigenvalue weighted by Gasteiger charge is 2.24. The van der Waals surface area contributed by atoms with Crippen LogP contribution >= 0.6 is 0 Å². The lowest BCUT2D eigenvalue weighted by molar-refractivity contribution is -0.119. The average Bonchev–Trinajstić information content (AvgIpc) is 2.28. The molecule has 0 radical (unpaired) electrons. The molecule has 0 bridgehead atoms. The van der Waals surface area contributed by atoms with Gasteiger partial charge in [0, 0.05) is 39.1 Å². The van der Waals surface area contributed by atoms with Crippen LogP contribution in [0.1, 0.15) is 26.7 Å². The molecule has 4 heteroatoms. The molecule has 1 aliphatic rings. The van der Waals surface area contributed by atoms with Crippen LogP contribution in [0.15, 0.2) is 0 Å². The zero-order valence-corrected chi connectivity index (χ0v) is 10.8. The summed E-state index contributed by atoms with van der Waals surface area (Å²) in [7, 11) is 2.04. The zero-order chi connectivity index (χ0) is 12.0. The van der Waals surface area contributed by atoms with Gasteiger partial charge in [-0.25, -0.2) is 0 Å². The molecule has 16 heavy (non-hydrogen) atoms. The van der Waals surface area contributed by atoms with Gasteiger partial charge in [-0.15, -0.1) is 0 Å². The molecule has 1 amide bonds. The summed E-state index contributed by atoms with van der Waals surface area (Å²) in [6.45, 7) is 7.84. The third kappa shape index (κ3) is 4.49. The van der Waals surface area contributed by atoms with Crippen molar-refractivity contribution in [1.29, 1.82) is 0 Å². The smallest absolute Gasteiger partial charge is 0.216 e. The summed E-state index contributed by atoms with van der Waals surface area (Å²) < 4.78 is 0. The van der Waals surface area contributed by atoms with Crippen molar-refractivity contribution in [3.05, 3.63) is 0 Å². The van der Waals surface area contributed by atoms with Gasteiger partial charge < -0.3 is 10.6 Å². The van der Waals surface area contributed by atoms with Crippen molar-refractivity contribution in [3.63, 3.8) is 0 Å². The maximum atomic E-state index is 10.8. The van der Waals surface area contributed by atoms with Crippen molar-refractivity contribution in [1.82, 2.24) is 15.5 Å². The quantitative estimate of drug-likeness (QED) is 0.716. The fourth-order valence-corrected chi connectivity index (χ4v) is 2.38. The van der Waals surface area contributed by atoms with Crippen LogP contribution in [0.3, 0.4) is 0 Å². The van der Waals surface area contributed by atoms with Gasteiger partial charge in [0.25, 0.3) is 0 Å². The SMILES string of the molecule is CCC1CC(NC)CN(CCNC(C)=O)C1. The molecule has 0 aliphatic carbocycles. The predicted molar refractivity (Wildman–Crippen MR) is 66.4 cm³/mol. The number of hydrogen-bond donors (Lipinski definition) is 2. The molecule has 94 valence electrons. The highest BCUT2D eigenvalue weighted by atomic mass is 16.1. The van der Waals surface area contributed by atoms with Gasteiger partial charge in [0.2, 0.25) is 5.91 Å². The van der Waals surface area contributed by atoms with E-state index in [4.69, 9.17) is 0 Å². The Labute approximate surface area is 98.8 Å². The van der Waals surface area contributed by atoms with Crippen LogP contribution < -0.4 is 10.6 Å². The van der Waals surface area contributed by atoms with E-state index in [0.717, 1.165) is 25.6 Å². The predicted octanol–water partition coefficient (Wildman–Crippen LogP) is 0.442. The zero-order valence-electron chi connectivity index (χ0n) is 10.8. The first-order valence-corrected chi connectivity index (χ1v) is 6.29. The van der Waals surface area contributed by atoms with Gasteiger partial charge in [-0.3, -0.25) is 9.69 Å². The lowest BCUT2D eigenvalue weighted by Crippen LogP contribution is -2.49. The Bertz CT molecular complexity index is 208. The van der Waals surface area contributed by atoms with Gasteiger partial charge >= 0.3 is 0 Å². The van der Waals surface area contributed by atoms with Crippen LogP contribution in [0, 0.1) is 5.92 Å². The summed E-state index contributed by atoms with van der Waals surface area (Å²) in [5.74, 6) is 0.859. The minimum Gasteiger partial charge on any atom is -0.355 e. The molecule has 2 N–H and O–H groups in total. The van der Waals surface area contributed by atoms with Gasteiger partial charge in [-0.05, 0) is 19.4 Å². The third-order valence-electron chi connectivity index (χ3n) is 3.40. The molecule has 0 aromatic heterocycles. The summed E-state index contributed by atoms with van der Waals surface area (Å²) in [4.78, 5) is 13.2. The Kier molecular flexibility index (Phi) is 5.77. The molecule has 1 heterocycles. The van der Waals surface area contributed by atoms with Gasteiger partial charge in [-0.2, -0.15) is 0 Å². The second kappa shape index (κ2) is 6.86. The molecule has 1 saturated heterocycles. The first-order valence-electron chi connectivity index (χ1n) is 6.29. The van der Waals surface area contributed by atoms with Crippen molar-refractivity contribution < 1.29 is 4.79 Å². The first-order chi connectivity index (χ1) is 7.65. The lowest BCUT2D eigenvalue weighted by atomic mass is 9.92. The van der Waals surface area contributed by atoms with Crippen LogP contribution in [-0.4, -0.2) is 50.1 Å². The Morgan fingerprint density at radius 3 is 2.75 bits per heavy atom. The van der Waals surface area contributed by atoms with E-state index in [1.165, 1.54) is 19.4 Å². The number of amides is 1. The van der Waals surface area contributed by atoms with E-state index in [0.29, 0.717) is 6.04 Å². The van der Waals surface area contributed by atoms with Crippen molar-refractivity contribution in [2.24, 2.45) is 5.92 Å². The highest BCUT2D eigenvalue weighted by molar-refractivity contribution is 5.72. The first kappa shape index (κ1) is 13.5. The molecule has 2 unspecified atom stereocenters. The summed E-state index contributed by atoms with van der Waals surface area (Å²) in [5, 5.41) is 6.23. The van der Waals surface area contributed by atoms with E-state index in [-0.39, 0.29) is 5.91 Å². The monoisotopic (exact) mass is 227 g/mol. The minimum atomic E-state index is 0.0641. The van der Waals surface area contributed by atoms with Crippen molar-refractivity contribution in [3.8, 4) is 0 Å².